The highest BCUT2D eigenvalue weighted by Crippen LogP contribution is 2.19. The molecular formula is C11H16O2. The first-order chi connectivity index (χ1) is 6.18. The molecule has 13 heavy (non-hydrogen) atoms. The molecule has 2 heteroatoms. The lowest BCUT2D eigenvalue weighted by molar-refractivity contribution is -0.136. The lowest BCUT2D eigenvalue weighted by Gasteiger charge is -2.09. The third-order valence-corrected chi connectivity index (χ3v) is 2.02. The zero-order valence-corrected chi connectivity index (χ0v) is 8.30. The Balaban J connectivity index is 2.52. The first kappa shape index (κ1) is 10.0. The second kappa shape index (κ2) is 4.85. The molecule has 0 saturated carbocycles. The van der Waals surface area contributed by atoms with Crippen LogP contribution in [0.15, 0.2) is 23.5 Å². The van der Waals surface area contributed by atoms with E-state index in [1.54, 1.807) is 0 Å². The molecule has 0 unspecified atom stereocenters. The highest BCUT2D eigenvalue weighted by Gasteiger charge is 2.02. The van der Waals surface area contributed by atoms with Gasteiger partial charge in [-0.25, -0.2) is 0 Å². The van der Waals surface area contributed by atoms with Gasteiger partial charge in [0.25, 0.3) is 0 Å². The van der Waals surface area contributed by atoms with Gasteiger partial charge in [-0.3, -0.25) is 4.79 Å². The fourth-order valence-corrected chi connectivity index (χ4v) is 1.51. The summed E-state index contributed by atoms with van der Waals surface area (Å²) in [6, 6.07) is 0. The number of carbonyl (C=O) groups is 1. The van der Waals surface area contributed by atoms with E-state index in [1.807, 2.05) is 13.0 Å². The van der Waals surface area contributed by atoms with Crippen LogP contribution < -0.4 is 0 Å². The monoisotopic (exact) mass is 180 g/mol. The summed E-state index contributed by atoms with van der Waals surface area (Å²) in [4.78, 5) is 10.6. The van der Waals surface area contributed by atoms with Crippen molar-refractivity contribution in [3.63, 3.8) is 0 Å². The van der Waals surface area contributed by atoms with Gasteiger partial charge in [-0.1, -0.05) is 6.08 Å². The number of hydrogen-bond acceptors (Lipinski definition) is 2. The minimum absolute atomic E-state index is 0.245. The lowest BCUT2D eigenvalue weighted by atomic mass is 9.99. The molecule has 0 aliphatic heterocycles. The zero-order chi connectivity index (χ0) is 9.68. The van der Waals surface area contributed by atoms with Gasteiger partial charge in [0.05, 0.1) is 0 Å². The summed E-state index contributed by atoms with van der Waals surface area (Å²) in [5.41, 5.74) is 1.30. The van der Waals surface area contributed by atoms with Gasteiger partial charge in [0.2, 0.25) is 0 Å². The van der Waals surface area contributed by atoms with Crippen LogP contribution in [0.25, 0.3) is 0 Å². The van der Waals surface area contributed by atoms with Crippen molar-refractivity contribution < 1.29 is 9.53 Å². The lowest BCUT2D eigenvalue weighted by Crippen LogP contribution is -1.97. The van der Waals surface area contributed by atoms with Crippen molar-refractivity contribution in [3.05, 3.63) is 23.5 Å². The Morgan fingerprint density at radius 3 is 2.77 bits per heavy atom. The van der Waals surface area contributed by atoms with Crippen LogP contribution in [0.1, 0.15) is 39.5 Å². The number of ether oxygens (including phenoxy) is 1. The average Bonchev–Trinajstić information content (AvgIpc) is 2.04. The smallest absolute Gasteiger partial charge is 0.307 e. The summed E-state index contributed by atoms with van der Waals surface area (Å²) >= 11 is 0. The maximum absolute atomic E-state index is 10.6. The molecule has 0 fully saturated rings. The van der Waals surface area contributed by atoms with E-state index in [4.69, 9.17) is 4.74 Å². The average molecular weight is 180 g/mol. The van der Waals surface area contributed by atoms with E-state index < -0.39 is 0 Å². The van der Waals surface area contributed by atoms with Crippen molar-refractivity contribution in [1.82, 2.24) is 0 Å². The van der Waals surface area contributed by atoms with Gasteiger partial charge in [0.1, 0.15) is 5.76 Å². The van der Waals surface area contributed by atoms with Crippen LogP contribution >= 0.6 is 0 Å². The maximum Gasteiger partial charge on any atom is 0.307 e. The van der Waals surface area contributed by atoms with Crippen molar-refractivity contribution >= 4 is 5.97 Å². The van der Waals surface area contributed by atoms with Gasteiger partial charge in [-0.2, -0.15) is 0 Å². The van der Waals surface area contributed by atoms with Crippen molar-refractivity contribution in [2.45, 2.75) is 39.5 Å². The first-order valence-corrected chi connectivity index (χ1v) is 4.74. The van der Waals surface area contributed by atoms with E-state index in [1.165, 1.54) is 25.3 Å². The third-order valence-electron chi connectivity index (χ3n) is 2.02. The van der Waals surface area contributed by atoms with E-state index >= 15 is 0 Å². The minimum atomic E-state index is -0.245. The summed E-state index contributed by atoms with van der Waals surface area (Å²) in [5.74, 6) is 0.450. The number of esters is 1. The van der Waals surface area contributed by atoms with Crippen LogP contribution in [0.2, 0.25) is 0 Å². The van der Waals surface area contributed by atoms with Crippen LogP contribution in [-0.2, 0) is 9.53 Å². The van der Waals surface area contributed by atoms with Gasteiger partial charge in [-0.05, 0) is 44.3 Å². The maximum atomic E-state index is 10.6. The predicted molar refractivity (Wildman–Crippen MR) is 52.1 cm³/mol. The molecule has 0 atom stereocenters. The minimum Gasteiger partial charge on any atom is -0.432 e. The summed E-state index contributed by atoms with van der Waals surface area (Å²) in [6.45, 7) is 3.24. The van der Waals surface area contributed by atoms with E-state index in [-0.39, 0.29) is 5.97 Å². The standard InChI is InChI=1S/C11H16O2/c1-9(13-10(2)12)8-11-6-4-3-5-7-11/h6,8H,3-5,7H2,1-2H3. The second-order valence-corrected chi connectivity index (χ2v) is 3.37. The van der Waals surface area contributed by atoms with Crippen molar-refractivity contribution in [2.24, 2.45) is 0 Å². The Kier molecular flexibility index (Phi) is 3.74. The summed E-state index contributed by atoms with van der Waals surface area (Å²) in [5, 5.41) is 0. The molecule has 72 valence electrons. The van der Waals surface area contributed by atoms with Crippen molar-refractivity contribution in [1.29, 1.82) is 0 Å². The molecule has 0 aromatic heterocycles. The molecule has 0 aromatic carbocycles. The fourth-order valence-electron chi connectivity index (χ4n) is 1.51. The Bertz CT molecular complexity index is 249. The molecule has 0 amide bonds. The predicted octanol–water partition coefficient (Wildman–Crippen LogP) is 2.95. The van der Waals surface area contributed by atoms with Gasteiger partial charge >= 0.3 is 5.97 Å². The van der Waals surface area contributed by atoms with E-state index in [0.717, 1.165) is 12.8 Å². The zero-order valence-electron chi connectivity index (χ0n) is 8.30. The van der Waals surface area contributed by atoms with Crippen molar-refractivity contribution in [3.8, 4) is 0 Å². The molecule has 0 bridgehead atoms. The topological polar surface area (TPSA) is 26.3 Å². The Morgan fingerprint density at radius 2 is 2.23 bits per heavy atom. The molecule has 0 radical (unpaired) electrons. The SMILES string of the molecule is CC(=O)OC(C)=CC1=CCCCC1. The molecule has 0 heterocycles. The van der Waals surface area contributed by atoms with E-state index in [2.05, 4.69) is 6.08 Å². The van der Waals surface area contributed by atoms with Crippen LogP contribution in [0.5, 0.6) is 0 Å². The molecule has 1 rings (SSSR count). The highest BCUT2D eigenvalue weighted by molar-refractivity contribution is 5.67. The molecule has 1 aliphatic carbocycles. The van der Waals surface area contributed by atoms with Crippen molar-refractivity contribution in [2.75, 3.05) is 0 Å². The number of allylic oxidation sites excluding steroid dienone is 4. The summed E-state index contributed by atoms with van der Waals surface area (Å²) in [7, 11) is 0. The summed E-state index contributed by atoms with van der Waals surface area (Å²) in [6.07, 6.45) is 8.97. The molecule has 0 spiro atoms. The van der Waals surface area contributed by atoms with Gasteiger partial charge in [0.15, 0.2) is 0 Å². The van der Waals surface area contributed by atoms with Crippen LogP contribution in [0.3, 0.4) is 0 Å². The molecule has 0 N–H and O–H groups in total. The largest absolute Gasteiger partial charge is 0.432 e. The first-order valence-electron chi connectivity index (χ1n) is 4.74. The molecule has 0 aromatic rings. The second-order valence-electron chi connectivity index (χ2n) is 3.37. The van der Waals surface area contributed by atoms with Crippen LogP contribution in [-0.4, -0.2) is 5.97 Å². The third kappa shape index (κ3) is 3.92. The molecule has 1 aliphatic rings. The Hall–Kier alpha value is -1.05. The normalized spacial score (nSPS) is 18.0. The van der Waals surface area contributed by atoms with Crippen LogP contribution in [0, 0.1) is 0 Å². The molecule has 2 nitrogen and oxygen atoms in total. The molecular weight excluding hydrogens is 164 g/mol. The summed E-state index contributed by atoms with van der Waals surface area (Å²) < 4.78 is 4.93. The fraction of sp³-hybridized carbons (Fsp3) is 0.545. The Labute approximate surface area is 79.3 Å². The van der Waals surface area contributed by atoms with Gasteiger partial charge in [0, 0.05) is 6.92 Å². The highest BCUT2D eigenvalue weighted by atomic mass is 16.5. The number of hydrogen-bond donors (Lipinski definition) is 0. The van der Waals surface area contributed by atoms with Gasteiger partial charge < -0.3 is 4.74 Å². The van der Waals surface area contributed by atoms with E-state index in [0.29, 0.717) is 5.76 Å². The van der Waals surface area contributed by atoms with Gasteiger partial charge in [-0.15, -0.1) is 0 Å². The number of carbonyl (C=O) groups excluding carboxylic acids is 1. The quantitative estimate of drug-likeness (QED) is 0.482. The van der Waals surface area contributed by atoms with Crippen LogP contribution in [0.4, 0.5) is 0 Å². The number of rotatable bonds is 2. The Morgan fingerprint density at radius 1 is 1.46 bits per heavy atom. The van der Waals surface area contributed by atoms with E-state index in [9.17, 15) is 4.79 Å². The molecule has 0 saturated heterocycles.